The Balaban J connectivity index is 2.55. The van der Waals surface area contributed by atoms with E-state index in [2.05, 4.69) is 5.32 Å². The Bertz CT molecular complexity index is 397. The Morgan fingerprint density at radius 3 is 2.88 bits per heavy atom. The maximum atomic E-state index is 11.6. The number of hydrogen-bond donors (Lipinski definition) is 3. The van der Waals surface area contributed by atoms with Crippen LogP contribution in [-0.4, -0.2) is 42.5 Å². The van der Waals surface area contributed by atoms with Crippen LogP contribution in [0, 0.1) is 3.57 Å². The summed E-state index contributed by atoms with van der Waals surface area (Å²) in [6.45, 7) is 0.275. The van der Waals surface area contributed by atoms with Crippen molar-refractivity contribution in [2.75, 3.05) is 20.3 Å². The lowest BCUT2D eigenvalue weighted by molar-refractivity contribution is 0.0609. The third-order valence-corrected chi connectivity index (χ3v) is 2.98. The average molecular weight is 351 g/mol. The van der Waals surface area contributed by atoms with E-state index < -0.39 is 6.10 Å². The van der Waals surface area contributed by atoms with Crippen LogP contribution in [0.4, 0.5) is 0 Å². The molecule has 5 nitrogen and oxygen atoms in total. The zero-order valence-corrected chi connectivity index (χ0v) is 11.5. The summed E-state index contributed by atoms with van der Waals surface area (Å²) in [7, 11) is 1.47. The van der Waals surface area contributed by atoms with Crippen molar-refractivity contribution in [2.45, 2.75) is 6.10 Å². The molecule has 94 valence electrons. The molecule has 3 N–H and O–H groups in total. The van der Waals surface area contributed by atoms with Crippen LogP contribution in [0.15, 0.2) is 18.2 Å². The number of hydrogen-bond acceptors (Lipinski definition) is 4. The summed E-state index contributed by atoms with van der Waals surface area (Å²) in [5.41, 5.74) is 0.354. The molecule has 6 heteroatoms. The van der Waals surface area contributed by atoms with E-state index >= 15 is 0 Å². The van der Waals surface area contributed by atoms with Crippen LogP contribution < -0.4 is 5.32 Å². The van der Waals surface area contributed by atoms with Gasteiger partial charge in [0.1, 0.15) is 5.75 Å². The maximum Gasteiger partial charge on any atom is 0.251 e. The molecule has 0 saturated heterocycles. The third-order valence-electron chi connectivity index (χ3n) is 2.07. The minimum Gasteiger partial charge on any atom is -0.507 e. The second-order valence-electron chi connectivity index (χ2n) is 3.49. The molecule has 0 aromatic heterocycles. The lowest BCUT2D eigenvalue weighted by atomic mass is 10.2. The Morgan fingerprint density at radius 2 is 2.29 bits per heavy atom. The van der Waals surface area contributed by atoms with Crippen LogP contribution in [0.5, 0.6) is 5.75 Å². The highest BCUT2D eigenvalue weighted by Crippen LogP contribution is 2.20. The zero-order chi connectivity index (χ0) is 12.8. The topological polar surface area (TPSA) is 78.8 Å². The number of aromatic hydroxyl groups is 1. The highest BCUT2D eigenvalue weighted by atomic mass is 127. The molecule has 0 heterocycles. The first-order valence-corrected chi connectivity index (χ1v) is 6.06. The molecule has 0 spiro atoms. The lowest BCUT2D eigenvalue weighted by Crippen LogP contribution is -2.34. The number of ether oxygens (including phenoxy) is 1. The number of phenolic OH excluding ortho intramolecular Hbond substituents is 1. The van der Waals surface area contributed by atoms with E-state index in [4.69, 9.17) is 4.74 Å². The van der Waals surface area contributed by atoms with Gasteiger partial charge >= 0.3 is 0 Å². The minimum atomic E-state index is -0.735. The zero-order valence-electron chi connectivity index (χ0n) is 9.31. The van der Waals surface area contributed by atoms with Crippen molar-refractivity contribution in [2.24, 2.45) is 0 Å². The van der Waals surface area contributed by atoms with Crippen LogP contribution in [0.1, 0.15) is 10.4 Å². The molecule has 1 amide bonds. The number of aliphatic hydroxyl groups excluding tert-OH is 1. The molecule has 0 radical (unpaired) electrons. The van der Waals surface area contributed by atoms with Gasteiger partial charge in [-0.15, -0.1) is 0 Å². The molecule has 0 aliphatic rings. The molecular formula is C11H14INO4. The first-order valence-electron chi connectivity index (χ1n) is 4.98. The predicted molar refractivity (Wildman–Crippen MR) is 71.0 cm³/mol. The predicted octanol–water partition coefficient (Wildman–Crippen LogP) is 0.734. The van der Waals surface area contributed by atoms with Crippen LogP contribution in [0.25, 0.3) is 0 Å². The van der Waals surface area contributed by atoms with Gasteiger partial charge in [0.2, 0.25) is 0 Å². The summed E-state index contributed by atoms with van der Waals surface area (Å²) in [5.74, 6) is -0.275. The number of phenols is 1. The molecule has 17 heavy (non-hydrogen) atoms. The lowest BCUT2D eigenvalue weighted by Gasteiger charge is -2.11. The van der Waals surface area contributed by atoms with Crippen molar-refractivity contribution in [3.8, 4) is 5.75 Å². The van der Waals surface area contributed by atoms with Crippen molar-refractivity contribution in [1.82, 2.24) is 5.32 Å². The third kappa shape index (κ3) is 4.49. The van der Waals surface area contributed by atoms with E-state index in [0.29, 0.717) is 9.13 Å². The summed E-state index contributed by atoms with van der Waals surface area (Å²) < 4.78 is 5.41. The second-order valence-corrected chi connectivity index (χ2v) is 4.65. The Morgan fingerprint density at radius 1 is 1.59 bits per heavy atom. The van der Waals surface area contributed by atoms with Crippen LogP contribution >= 0.6 is 22.6 Å². The molecule has 1 rings (SSSR count). The summed E-state index contributed by atoms with van der Waals surface area (Å²) in [4.78, 5) is 11.6. The smallest absolute Gasteiger partial charge is 0.251 e. The van der Waals surface area contributed by atoms with E-state index in [0.717, 1.165) is 0 Å². The van der Waals surface area contributed by atoms with Crippen LogP contribution in [0.3, 0.4) is 0 Å². The highest BCUT2D eigenvalue weighted by molar-refractivity contribution is 14.1. The molecule has 1 unspecified atom stereocenters. The monoisotopic (exact) mass is 351 g/mol. The van der Waals surface area contributed by atoms with Crippen molar-refractivity contribution < 1.29 is 19.7 Å². The summed E-state index contributed by atoms with van der Waals surface area (Å²) in [6, 6.07) is 4.65. The van der Waals surface area contributed by atoms with Gasteiger partial charge in [0.25, 0.3) is 5.91 Å². The number of benzene rings is 1. The molecule has 1 atom stereocenters. The van der Waals surface area contributed by atoms with Gasteiger partial charge in [0, 0.05) is 19.2 Å². The number of amides is 1. The number of nitrogens with one attached hydrogen (secondary N) is 1. The number of rotatable bonds is 5. The van der Waals surface area contributed by atoms with Crippen LogP contribution in [-0.2, 0) is 4.74 Å². The Labute approximate surface area is 113 Å². The minimum absolute atomic E-state index is 0.0655. The van der Waals surface area contributed by atoms with E-state index in [-0.39, 0.29) is 24.8 Å². The SMILES string of the molecule is COCC(O)CNC(=O)c1ccc(I)c(O)c1. The van der Waals surface area contributed by atoms with Gasteiger partial charge in [-0.2, -0.15) is 0 Å². The molecule has 0 bridgehead atoms. The van der Waals surface area contributed by atoms with E-state index in [1.54, 1.807) is 12.1 Å². The number of aliphatic hydroxyl groups is 1. The first-order chi connectivity index (χ1) is 8.04. The van der Waals surface area contributed by atoms with Crippen molar-refractivity contribution in [1.29, 1.82) is 0 Å². The van der Waals surface area contributed by atoms with Gasteiger partial charge in [-0.1, -0.05) is 0 Å². The Kier molecular flexibility index (Phi) is 5.66. The Hall–Kier alpha value is -0.860. The molecule has 0 fully saturated rings. The van der Waals surface area contributed by atoms with Crippen molar-refractivity contribution in [3.63, 3.8) is 0 Å². The molecule has 1 aromatic rings. The number of methoxy groups -OCH3 is 1. The second kappa shape index (κ2) is 6.77. The standard InChI is InChI=1S/C11H14INO4/c1-17-6-8(14)5-13-11(16)7-2-3-9(12)10(15)4-7/h2-4,8,14-15H,5-6H2,1H3,(H,13,16). The maximum absolute atomic E-state index is 11.6. The number of carbonyl (C=O) groups is 1. The molecule has 0 aliphatic carbocycles. The van der Waals surface area contributed by atoms with Gasteiger partial charge in [-0.3, -0.25) is 4.79 Å². The summed E-state index contributed by atoms with van der Waals surface area (Å²) in [5, 5.41) is 21.4. The van der Waals surface area contributed by atoms with Gasteiger partial charge in [-0.05, 0) is 40.8 Å². The molecule has 0 aliphatic heterocycles. The average Bonchev–Trinajstić information content (AvgIpc) is 2.30. The van der Waals surface area contributed by atoms with Gasteiger partial charge < -0.3 is 20.3 Å². The largest absolute Gasteiger partial charge is 0.507 e. The number of halogens is 1. The quantitative estimate of drug-likeness (QED) is 0.684. The number of carbonyl (C=O) groups excluding carboxylic acids is 1. The normalized spacial score (nSPS) is 12.2. The van der Waals surface area contributed by atoms with E-state index in [9.17, 15) is 15.0 Å². The summed E-state index contributed by atoms with van der Waals surface area (Å²) >= 11 is 1.97. The van der Waals surface area contributed by atoms with Crippen molar-refractivity contribution >= 4 is 28.5 Å². The highest BCUT2D eigenvalue weighted by Gasteiger charge is 2.10. The van der Waals surface area contributed by atoms with Crippen molar-refractivity contribution in [3.05, 3.63) is 27.3 Å². The van der Waals surface area contributed by atoms with Crippen LogP contribution in [0.2, 0.25) is 0 Å². The molecule has 1 aromatic carbocycles. The molecular weight excluding hydrogens is 337 g/mol. The van der Waals surface area contributed by atoms with Gasteiger partial charge in [0.15, 0.2) is 0 Å². The van der Waals surface area contributed by atoms with E-state index in [1.165, 1.54) is 13.2 Å². The first kappa shape index (κ1) is 14.2. The van der Waals surface area contributed by atoms with E-state index in [1.807, 2.05) is 22.6 Å². The summed E-state index contributed by atoms with van der Waals surface area (Å²) in [6.07, 6.45) is -0.735. The fraction of sp³-hybridized carbons (Fsp3) is 0.364. The fourth-order valence-electron chi connectivity index (χ4n) is 1.22. The van der Waals surface area contributed by atoms with Gasteiger partial charge in [0.05, 0.1) is 16.3 Å². The van der Waals surface area contributed by atoms with Gasteiger partial charge in [-0.25, -0.2) is 0 Å². The fourth-order valence-corrected chi connectivity index (χ4v) is 1.55. The molecule has 0 saturated carbocycles.